The zero-order valence-electron chi connectivity index (χ0n) is 14.5. The molecule has 1 amide bonds. The summed E-state index contributed by atoms with van der Waals surface area (Å²) in [5.74, 6) is 1.60. The number of pyridine rings is 1. The van der Waals surface area contributed by atoms with E-state index in [1.54, 1.807) is 23.4 Å². The number of hydrogen-bond donors (Lipinski definition) is 1. The molecule has 2 aromatic rings. The number of carbonyl (C=O) groups excluding carboxylic acids is 1. The van der Waals surface area contributed by atoms with Crippen LogP contribution in [0.2, 0.25) is 0 Å². The fourth-order valence-corrected chi connectivity index (χ4v) is 3.58. The lowest BCUT2D eigenvalue weighted by molar-refractivity contribution is 0.0767. The highest BCUT2D eigenvalue weighted by molar-refractivity contribution is 5.93. The first-order valence-electron chi connectivity index (χ1n) is 8.99. The number of amides is 1. The van der Waals surface area contributed by atoms with Gasteiger partial charge in [0.1, 0.15) is 17.9 Å². The van der Waals surface area contributed by atoms with Crippen LogP contribution in [-0.2, 0) is 0 Å². The number of aromatic amines is 1. The molecule has 2 fully saturated rings. The van der Waals surface area contributed by atoms with Crippen LogP contribution in [0, 0.1) is 11.3 Å². The molecule has 1 atom stereocenters. The molecule has 7 nitrogen and oxygen atoms in total. The lowest BCUT2D eigenvalue weighted by Gasteiger charge is -2.22. The second kappa shape index (κ2) is 7.08. The topological polar surface area (TPSA) is 85.2 Å². The van der Waals surface area contributed by atoms with Gasteiger partial charge >= 0.3 is 0 Å². The van der Waals surface area contributed by atoms with Gasteiger partial charge < -0.3 is 19.5 Å². The largest absolute Gasteiger partial charge is 0.485 e. The van der Waals surface area contributed by atoms with Crippen LogP contribution in [0.1, 0.15) is 35.3 Å². The molecule has 0 spiro atoms. The second-order valence-corrected chi connectivity index (χ2v) is 6.71. The Morgan fingerprint density at radius 3 is 2.96 bits per heavy atom. The third-order valence-electron chi connectivity index (χ3n) is 4.92. The van der Waals surface area contributed by atoms with E-state index in [0.717, 1.165) is 31.1 Å². The van der Waals surface area contributed by atoms with Crippen LogP contribution in [0.4, 0.5) is 5.82 Å². The van der Waals surface area contributed by atoms with Gasteiger partial charge in [0.25, 0.3) is 5.91 Å². The van der Waals surface area contributed by atoms with E-state index in [1.807, 2.05) is 18.2 Å². The minimum atomic E-state index is -0.0939. The first-order valence-corrected chi connectivity index (χ1v) is 8.99. The van der Waals surface area contributed by atoms with Gasteiger partial charge in [-0.1, -0.05) is 0 Å². The Morgan fingerprint density at radius 2 is 2.19 bits per heavy atom. The summed E-state index contributed by atoms with van der Waals surface area (Å²) in [6.07, 6.45) is 6.45. The van der Waals surface area contributed by atoms with E-state index in [0.29, 0.717) is 24.3 Å². The molecule has 134 valence electrons. The van der Waals surface area contributed by atoms with Gasteiger partial charge in [-0.05, 0) is 31.0 Å². The van der Waals surface area contributed by atoms with Crippen LogP contribution in [0.3, 0.4) is 0 Å². The Balaban J connectivity index is 1.42. The monoisotopic (exact) mass is 351 g/mol. The molecule has 0 bridgehead atoms. The van der Waals surface area contributed by atoms with Gasteiger partial charge in [0.2, 0.25) is 0 Å². The summed E-state index contributed by atoms with van der Waals surface area (Å²) in [5, 5.41) is 8.90. The van der Waals surface area contributed by atoms with Crippen molar-refractivity contribution in [3.05, 3.63) is 41.9 Å². The predicted octanol–water partition coefficient (Wildman–Crippen LogP) is 2.18. The Morgan fingerprint density at radius 1 is 1.35 bits per heavy atom. The maximum atomic E-state index is 12.6. The van der Waals surface area contributed by atoms with E-state index in [9.17, 15) is 4.79 Å². The number of carbonyl (C=O) groups is 1. The minimum absolute atomic E-state index is 0.0464. The number of rotatable bonds is 4. The van der Waals surface area contributed by atoms with E-state index in [-0.39, 0.29) is 12.0 Å². The molecule has 2 aliphatic heterocycles. The summed E-state index contributed by atoms with van der Waals surface area (Å²) in [7, 11) is 0. The summed E-state index contributed by atoms with van der Waals surface area (Å²) >= 11 is 0. The number of anilines is 1. The Bertz CT molecular complexity index is 834. The van der Waals surface area contributed by atoms with E-state index in [2.05, 4.69) is 14.9 Å². The molecule has 4 rings (SSSR count). The first-order chi connectivity index (χ1) is 12.7. The quantitative estimate of drug-likeness (QED) is 0.912. The van der Waals surface area contributed by atoms with E-state index < -0.39 is 0 Å². The lowest BCUT2D eigenvalue weighted by atomic mass is 10.3. The number of ether oxygens (including phenoxy) is 1. The number of likely N-dealkylation sites (tertiary alicyclic amines) is 1. The normalized spacial score (nSPS) is 19.6. The van der Waals surface area contributed by atoms with Crippen molar-refractivity contribution in [2.24, 2.45) is 0 Å². The van der Waals surface area contributed by atoms with Gasteiger partial charge in [-0.3, -0.25) is 4.79 Å². The predicted molar refractivity (Wildman–Crippen MR) is 96.1 cm³/mol. The third-order valence-corrected chi connectivity index (χ3v) is 4.92. The average Bonchev–Trinajstić information content (AvgIpc) is 3.42. The maximum absolute atomic E-state index is 12.6. The van der Waals surface area contributed by atoms with Gasteiger partial charge in [-0.15, -0.1) is 0 Å². The number of nitrogens with zero attached hydrogens (tertiary/aromatic N) is 4. The first kappa shape index (κ1) is 16.5. The van der Waals surface area contributed by atoms with Crippen molar-refractivity contribution in [2.45, 2.75) is 25.4 Å². The van der Waals surface area contributed by atoms with Crippen molar-refractivity contribution in [1.82, 2.24) is 14.9 Å². The average molecular weight is 351 g/mol. The molecule has 2 saturated heterocycles. The highest BCUT2D eigenvalue weighted by atomic mass is 16.5. The molecular weight excluding hydrogens is 330 g/mol. The summed E-state index contributed by atoms with van der Waals surface area (Å²) in [5.41, 5.74) is 0.910. The van der Waals surface area contributed by atoms with Crippen molar-refractivity contribution in [1.29, 1.82) is 5.26 Å². The summed E-state index contributed by atoms with van der Waals surface area (Å²) in [6.45, 7) is 3.20. The van der Waals surface area contributed by atoms with E-state index >= 15 is 0 Å². The van der Waals surface area contributed by atoms with Crippen LogP contribution >= 0.6 is 0 Å². The third kappa shape index (κ3) is 3.23. The second-order valence-electron chi connectivity index (χ2n) is 6.71. The molecule has 2 aromatic heterocycles. The Labute approximate surface area is 152 Å². The van der Waals surface area contributed by atoms with Crippen LogP contribution < -0.4 is 9.64 Å². The molecule has 26 heavy (non-hydrogen) atoms. The van der Waals surface area contributed by atoms with Gasteiger partial charge in [0.15, 0.2) is 11.6 Å². The van der Waals surface area contributed by atoms with Crippen molar-refractivity contribution in [2.75, 3.05) is 31.1 Å². The highest BCUT2D eigenvalue weighted by Gasteiger charge is 2.30. The van der Waals surface area contributed by atoms with E-state index in [4.69, 9.17) is 10.00 Å². The molecule has 0 aliphatic carbocycles. The molecule has 0 radical (unpaired) electrons. The fourth-order valence-electron chi connectivity index (χ4n) is 3.58. The number of nitrogens with one attached hydrogen (secondary N) is 1. The number of aromatic nitrogens is 2. The Hall–Kier alpha value is -3.01. The van der Waals surface area contributed by atoms with Crippen LogP contribution in [0.15, 0.2) is 30.6 Å². The van der Waals surface area contributed by atoms with Gasteiger partial charge in [-0.25, -0.2) is 4.98 Å². The smallest absolute Gasteiger partial charge is 0.270 e. The van der Waals surface area contributed by atoms with Crippen molar-refractivity contribution in [3.63, 3.8) is 0 Å². The minimum Gasteiger partial charge on any atom is -0.485 e. The highest BCUT2D eigenvalue weighted by Crippen LogP contribution is 2.30. The zero-order chi connectivity index (χ0) is 17.9. The molecule has 1 N–H and O–H groups in total. The van der Waals surface area contributed by atoms with Crippen molar-refractivity contribution >= 4 is 11.7 Å². The van der Waals surface area contributed by atoms with Crippen molar-refractivity contribution < 1.29 is 9.53 Å². The fraction of sp³-hybridized carbons (Fsp3) is 0.421. The number of nitriles is 1. The number of hydrogen-bond acceptors (Lipinski definition) is 5. The zero-order valence-corrected chi connectivity index (χ0v) is 14.5. The molecule has 2 aliphatic rings. The summed E-state index contributed by atoms with van der Waals surface area (Å²) < 4.78 is 6.20. The summed E-state index contributed by atoms with van der Waals surface area (Å²) in [6, 6.07) is 7.45. The molecule has 0 saturated carbocycles. The summed E-state index contributed by atoms with van der Waals surface area (Å²) in [4.78, 5) is 24.0. The molecule has 4 heterocycles. The molecule has 7 heteroatoms. The van der Waals surface area contributed by atoms with Crippen LogP contribution in [0.5, 0.6) is 5.75 Å². The number of H-pyrrole nitrogens is 1. The lowest BCUT2D eigenvalue weighted by Crippen LogP contribution is -2.31. The van der Waals surface area contributed by atoms with E-state index in [1.165, 1.54) is 12.8 Å². The Kier molecular flexibility index (Phi) is 4.48. The molecule has 0 aromatic carbocycles. The van der Waals surface area contributed by atoms with Gasteiger partial charge in [0.05, 0.1) is 12.1 Å². The maximum Gasteiger partial charge on any atom is 0.270 e. The molecule has 1 unspecified atom stereocenters. The standard InChI is InChI=1S/C19H21N5O2/c20-11-14-10-16(22-12-14)19(25)24-9-5-15(13-24)26-17-4-3-6-21-18(17)23-7-1-2-8-23/h3-4,6,10,12,15,22H,1-2,5,7-9,13H2. The van der Waals surface area contributed by atoms with Crippen LogP contribution in [-0.4, -0.2) is 53.1 Å². The molecular formula is C19H21N5O2. The SMILES string of the molecule is N#Cc1c[nH]c(C(=O)N2CCC(Oc3cccnc3N3CCCC3)C2)c1. The van der Waals surface area contributed by atoms with Gasteiger partial charge in [0, 0.05) is 38.4 Å². The van der Waals surface area contributed by atoms with Gasteiger partial charge in [-0.2, -0.15) is 5.26 Å². The van der Waals surface area contributed by atoms with Crippen LogP contribution in [0.25, 0.3) is 0 Å². The van der Waals surface area contributed by atoms with Crippen molar-refractivity contribution in [3.8, 4) is 11.8 Å².